The highest BCUT2D eigenvalue weighted by atomic mass is 32.1. The molecule has 1 N–H and O–H groups in total. The van der Waals surface area contributed by atoms with Gasteiger partial charge in [0.2, 0.25) is 0 Å². The highest BCUT2D eigenvalue weighted by molar-refractivity contribution is 7.71. The first-order valence-corrected chi connectivity index (χ1v) is 5.52. The summed E-state index contributed by atoms with van der Waals surface area (Å²) >= 11 is 5.30. The fraction of sp³-hybridized carbons (Fsp3) is 0.200. The zero-order chi connectivity index (χ0) is 12.0. The van der Waals surface area contributed by atoms with Crippen molar-refractivity contribution < 1.29 is 0 Å². The Kier molecular flexibility index (Phi) is 2.08. The average molecular weight is 246 g/mol. The van der Waals surface area contributed by atoms with Crippen molar-refractivity contribution in [3.05, 3.63) is 28.5 Å². The quantitative estimate of drug-likeness (QED) is 0.661. The van der Waals surface area contributed by atoms with Gasteiger partial charge in [-0.25, -0.2) is 4.68 Å². The van der Waals surface area contributed by atoms with E-state index < -0.39 is 0 Å². The molecule has 0 spiro atoms. The monoisotopic (exact) mass is 246 g/mol. The van der Waals surface area contributed by atoms with Crippen LogP contribution in [-0.2, 0) is 7.05 Å². The molecule has 0 radical (unpaired) electrons. The van der Waals surface area contributed by atoms with Gasteiger partial charge in [-0.05, 0) is 47.3 Å². The number of fused-ring (bicyclic) bond motifs is 1. The van der Waals surface area contributed by atoms with Gasteiger partial charge in [-0.2, -0.15) is 0 Å². The molecule has 0 aliphatic heterocycles. The predicted molar refractivity (Wildman–Crippen MR) is 65.6 cm³/mol. The van der Waals surface area contributed by atoms with Gasteiger partial charge in [0.15, 0.2) is 4.77 Å². The summed E-state index contributed by atoms with van der Waals surface area (Å²) in [7, 11) is 1.78. The first-order valence-electron chi connectivity index (χ1n) is 5.11. The summed E-state index contributed by atoms with van der Waals surface area (Å²) in [5.74, 6) is 0.604. The minimum absolute atomic E-state index is 0.587. The number of hydrogen-bond acceptors (Lipinski definition) is 4. The lowest BCUT2D eigenvalue weighted by atomic mass is 10.2. The Labute approximate surface area is 102 Å². The molecular formula is C10H10N6S. The summed E-state index contributed by atoms with van der Waals surface area (Å²) < 4.78 is 4.01. The molecule has 0 saturated carbocycles. The lowest BCUT2D eigenvalue weighted by molar-refractivity contribution is 0.693. The SMILES string of the molecule is Cc1ccc2[nH]c(=S)n(-c3nnnn3C)c2c1. The molecule has 0 saturated heterocycles. The minimum atomic E-state index is 0.587. The minimum Gasteiger partial charge on any atom is -0.330 e. The van der Waals surface area contributed by atoms with Crippen LogP contribution < -0.4 is 0 Å². The zero-order valence-corrected chi connectivity index (χ0v) is 10.2. The lowest BCUT2D eigenvalue weighted by Gasteiger charge is -2.01. The third kappa shape index (κ3) is 1.47. The van der Waals surface area contributed by atoms with Crippen LogP contribution in [0.1, 0.15) is 5.56 Å². The number of aryl methyl sites for hydroxylation is 2. The number of aromatic amines is 1. The normalized spacial score (nSPS) is 11.2. The van der Waals surface area contributed by atoms with E-state index >= 15 is 0 Å². The summed E-state index contributed by atoms with van der Waals surface area (Å²) in [5, 5.41) is 11.4. The summed E-state index contributed by atoms with van der Waals surface area (Å²) in [6.45, 7) is 2.04. The molecule has 3 aromatic rings. The van der Waals surface area contributed by atoms with Crippen molar-refractivity contribution in [3.8, 4) is 5.95 Å². The van der Waals surface area contributed by atoms with Crippen molar-refractivity contribution in [2.24, 2.45) is 7.05 Å². The third-order valence-corrected chi connectivity index (χ3v) is 2.92. The van der Waals surface area contributed by atoms with Crippen LogP contribution in [-0.4, -0.2) is 29.8 Å². The van der Waals surface area contributed by atoms with Gasteiger partial charge < -0.3 is 4.98 Å². The fourth-order valence-electron chi connectivity index (χ4n) is 1.83. The van der Waals surface area contributed by atoms with E-state index in [9.17, 15) is 0 Å². The summed E-state index contributed by atoms with van der Waals surface area (Å²) in [6.07, 6.45) is 0. The van der Waals surface area contributed by atoms with E-state index in [1.165, 1.54) is 0 Å². The number of nitrogens with zero attached hydrogens (tertiary/aromatic N) is 5. The molecule has 0 aliphatic carbocycles. The van der Waals surface area contributed by atoms with Crippen molar-refractivity contribution in [2.75, 3.05) is 0 Å². The molecule has 86 valence electrons. The number of H-pyrrole nitrogens is 1. The number of nitrogens with one attached hydrogen (secondary N) is 1. The highest BCUT2D eigenvalue weighted by Crippen LogP contribution is 2.18. The van der Waals surface area contributed by atoms with Crippen LogP contribution in [0.5, 0.6) is 0 Å². The predicted octanol–water partition coefficient (Wildman–Crippen LogP) is 1.52. The maximum absolute atomic E-state index is 5.30. The fourth-order valence-corrected chi connectivity index (χ4v) is 2.12. The number of rotatable bonds is 1. The number of tetrazole rings is 1. The van der Waals surface area contributed by atoms with E-state index in [2.05, 4.69) is 26.6 Å². The summed E-state index contributed by atoms with van der Waals surface area (Å²) in [4.78, 5) is 3.14. The Hall–Kier alpha value is -2.02. The molecule has 1 aromatic carbocycles. The Morgan fingerprint density at radius 1 is 1.35 bits per heavy atom. The van der Waals surface area contributed by atoms with Crippen LogP contribution in [0.3, 0.4) is 0 Å². The Bertz CT molecular complexity index is 750. The van der Waals surface area contributed by atoms with Gasteiger partial charge in [0.05, 0.1) is 11.0 Å². The molecule has 17 heavy (non-hydrogen) atoms. The van der Waals surface area contributed by atoms with Gasteiger partial charge in [0, 0.05) is 7.05 Å². The number of hydrogen-bond donors (Lipinski definition) is 1. The molecule has 0 amide bonds. The van der Waals surface area contributed by atoms with Crippen molar-refractivity contribution in [1.82, 2.24) is 29.8 Å². The standard InChI is InChI=1S/C10H10N6S/c1-6-3-4-7-8(5-6)16(10(17)11-7)9-12-13-14-15(9)2/h3-5H,1-2H3,(H,11,17). The first kappa shape index (κ1) is 10.2. The summed E-state index contributed by atoms with van der Waals surface area (Å²) in [5.41, 5.74) is 3.12. The van der Waals surface area contributed by atoms with Gasteiger partial charge in [0.25, 0.3) is 5.95 Å². The van der Waals surface area contributed by atoms with Crippen molar-refractivity contribution in [3.63, 3.8) is 0 Å². The molecule has 0 fully saturated rings. The van der Waals surface area contributed by atoms with E-state index in [4.69, 9.17) is 12.2 Å². The number of benzene rings is 1. The number of imidazole rings is 1. The van der Waals surface area contributed by atoms with Crippen LogP contribution in [0, 0.1) is 11.7 Å². The molecule has 2 aromatic heterocycles. The van der Waals surface area contributed by atoms with Gasteiger partial charge in [-0.1, -0.05) is 11.2 Å². The van der Waals surface area contributed by atoms with Crippen LogP contribution in [0.25, 0.3) is 17.0 Å². The van der Waals surface area contributed by atoms with E-state index in [0.29, 0.717) is 10.7 Å². The second-order valence-electron chi connectivity index (χ2n) is 3.89. The maximum Gasteiger partial charge on any atom is 0.256 e. The van der Waals surface area contributed by atoms with Crippen molar-refractivity contribution in [2.45, 2.75) is 6.92 Å². The maximum atomic E-state index is 5.30. The van der Waals surface area contributed by atoms with Crippen LogP contribution in [0.15, 0.2) is 18.2 Å². The van der Waals surface area contributed by atoms with Gasteiger partial charge in [-0.15, -0.1) is 0 Å². The Morgan fingerprint density at radius 2 is 2.18 bits per heavy atom. The first-order chi connectivity index (χ1) is 8.16. The van der Waals surface area contributed by atoms with Crippen molar-refractivity contribution >= 4 is 23.3 Å². The smallest absolute Gasteiger partial charge is 0.256 e. The molecule has 6 nitrogen and oxygen atoms in total. The van der Waals surface area contributed by atoms with Gasteiger partial charge in [-0.3, -0.25) is 4.57 Å². The molecule has 0 atom stereocenters. The second-order valence-corrected chi connectivity index (χ2v) is 4.28. The lowest BCUT2D eigenvalue weighted by Crippen LogP contribution is -2.04. The van der Waals surface area contributed by atoms with E-state index in [-0.39, 0.29) is 0 Å². The van der Waals surface area contributed by atoms with Gasteiger partial charge in [0.1, 0.15) is 0 Å². The zero-order valence-electron chi connectivity index (χ0n) is 9.38. The molecule has 0 aliphatic rings. The van der Waals surface area contributed by atoms with E-state index in [1.807, 2.05) is 23.6 Å². The number of aromatic nitrogens is 6. The molecule has 7 heteroatoms. The molecule has 3 rings (SSSR count). The third-order valence-electron chi connectivity index (χ3n) is 2.64. The highest BCUT2D eigenvalue weighted by Gasteiger charge is 2.11. The van der Waals surface area contributed by atoms with Gasteiger partial charge >= 0.3 is 0 Å². The Morgan fingerprint density at radius 3 is 2.88 bits per heavy atom. The Balaban J connectivity index is 2.43. The van der Waals surface area contributed by atoms with Crippen LogP contribution in [0.2, 0.25) is 0 Å². The van der Waals surface area contributed by atoms with E-state index in [0.717, 1.165) is 16.6 Å². The second kappa shape index (κ2) is 3.49. The van der Waals surface area contributed by atoms with E-state index in [1.54, 1.807) is 11.7 Å². The molecule has 0 bridgehead atoms. The van der Waals surface area contributed by atoms with Crippen LogP contribution in [0.4, 0.5) is 0 Å². The van der Waals surface area contributed by atoms with Crippen LogP contribution >= 0.6 is 12.2 Å². The average Bonchev–Trinajstić information content (AvgIpc) is 2.81. The molecule has 2 heterocycles. The largest absolute Gasteiger partial charge is 0.330 e. The van der Waals surface area contributed by atoms with Crippen molar-refractivity contribution in [1.29, 1.82) is 0 Å². The molecular weight excluding hydrogens is 236 g/mol. The summed E-state index contributed by atoms with van der Waals surface area (Å²) in [6, 6.07) is 6.09. The molecule has 0 unspecified atom stereocenters. The topological polar surface area (TPSA) is 64.3 Å².